The monoisotopic (exact) mass is 569 g/mol. The maximum Gasteiger partial charge on any atom is 0.408 e. The van der Waals surface area contributed by atoms with Gasteiger partial charge in [-0.15, -0.1) is 0 Å². The second-order valence-corrected chi connectivity index (χ2v) is 11.0. The highest BCUT2D eigenvalue weighted by Crippen LogP contribution is 2.36. The molecule has 0 bridgehead atoms. The number of aromatic nitrogens is 3. The van der Waals surface area contributed by atoms with Gasteiger partial charge in [0.1, 0.15) is 23.8 Å². The molecule has 3 aliphatic heterocycles. The molecule has 5 heterocycles. The standard InChI is InChI=1S/C29H34F3N7O2/c1-2-25(40)39-10-8-22(17-39)38-9-7-20(16-38)26(29(30,31)32)35-21-5-3-19(4-6-21)24-15-23-27(36-24)33-18-34-28(23)37-11-13-41-14-12-37/h2-6,15,18,20,22,26,35H,1,7-14,16-17H2,(H,33,34,36)/t20-,22-,26?/m0/s1. The van der Waals surface area contributed by atoms with E-state index >= 15 is 0 Å². The van der Waals surface area contributed by atoms with Crippen LogP contribution in [0.4, 0.5) is 24.7 Å². The fraction of sp³-hybridized carbons (Fsp3) is 0.483. The number of aromatic amines is 1. The molecule has 1 amide bonds. The molecule has 3 aliphatic rings. The molecule has 0 saturated carbocycles. The van der Waals surface area contributed by atoms with E-state index in [-0.39, 0.29) is 11.9 Å². The van der Waals surface area contributed by atoms with Crippen LogP contribution in [-0.4, -0.2) is 101 Å². The lowest BCUT2D eigenvalue weighted by molar-refractivity contribution is -0.152. The number of hydrogen-bond donors (Lipinski definition) is 2. The number of amides is 1. The van der Waals surface area contributed by atoms with E-state index in [0.29, 0.717) is 57.1 Å². The highest BCUT2D eigenvalue weighted by molar-refractivity contribution is 5.92. The van der Waals surface area contributed by atoms with Crippen molar-refractivity contribution in [3.05, 3.63) is 49.3 Å². The van der Waals surface area contributed by atoms with Gasteiger partial charge in [0.25, 0.3) is 0 Å². The van der Waals surface area contributed by atoms with Crippen LogP contribution in [-0.2, 0) is 9.53 Å². The lowest BCUT2D eigenvalue weighted by Gasteiger charge is -2.29. The van der Waals surface area contributed by atoms with Crippen molar-refractivity contribution in [2.24, 2.45) is 5.92 Å². The van der Waals surface area contributed by atoms with Crippen LogP contribution in [0.1, 0.15) is 12.8 Å². The molecule has 12 heteroatoms. The average molecular weight is 570 g/mol. The number of carbonyl (C=O) groups is 1. The molecular weight excluding hydrogens is 535 g/mol. The molecule has 3 fully saturated rings. The van der Waals surface area contributed by atoms with Gasteiger partial charge in [-0.2, -0.15) is 13.2 Å². The molecule has 6 rings (SSSR count). The minimum atomic E-state index is -4.40. The fourth-order valence-electron chi connectivity index (χ4n) is 6.29. The van der Waals surface area contributed by atoms with E-state index in [1.807, 2.05) is 18.2 Å². The number of alkyl halides is 3. The number of rotatable bonds is 7. The second kappa shape index (κ2) is 11.3. The molecule has 1 aromatic carbocycles. The number of likely N-dealkylation sites (tertiary alicyclic amines) is 2. The molecule has 0 spiro atoms. The van der Waals surface area contributed by atoms with Crippen molar-refractivity contribution in [3.63, 3.8) is 0 Å². The van der Waals surface area contributed by atoms with E-state index < -0.39 is 18.1 Å². The van der Waals surface area contributed by atoms with Crippen molar-refractivity contribution < 1.29 is 22.7 Å². The quantitative estimate of drug-likeness (QED) is 0.417. The van der Waals surface area contributed by atoms with E-state index in [1.54, 1.807) is 17.0 Å². The lowest BCUT2D eigenvalue weighted by Crippen LogP contribution is -2.45. The topological polar surface area (TPSA) is 89.6 Å². The van der Waals surface area contributed by atoms with Crippen molar-refractivity contribution >= 4 is 28.4 Å². The number of nitrogens with one attached hydrogen (secondary N) is 2. The first-order valence-electron chi connectivity index (χ1n) is 14.1. The summed E-state index contributed by atoms with van der Waals surface area (Å²) >= 11 is 0. The minimum absolute atomic E-state index is 0.0850. The minimum Gasteiger partial charge on any atom is -0.378 e. The molecule has 0 radical (unpaired) electrons. The van der Waals surface area contributed by atoms with Gasteiger partial charge in [-0.3, -0.25) is 9.69 Å². The summed E-state index contributed by atoms with van der Waals surface area (Å²) in [6.07, 6.45) is -0.357. The third kappa shape index (κ3) is 5.76. The summed E-state index contributed by atoms with van der Waals surface area (Å²) in [5.74, 6) is 0.138. The first-order chi connectivity index (χ1) is 19.8. The number of H-pyrrole nitrogens is 1. The number of anilines is 2. The third-order valence-electron chi connectivity index (χ3n) is 8.48. The van der Waals surface area contributed by atoms with Crippen LogP contribution in [0.15, 0.2) is 49.3 Å². The first-order valence-corrected chi connectivity index (χ1v) is 14.1. The predicted molar refractivity (Wildman–Crippen MR) is 151 cm³/mol. The van der Waals surface area contributed by atoms with E-state index in [9.17, 15) is 18.0 Å². The highest BCUT2D eigenvalue weighted by Gasteiger charge is 2.48. The summed E-state index contributed by atoms with van der Waals surface area (Å²) in [5, 5.41) is 3.68. The molecule has 2 N–H and O–H groups in total. The summed E-state index contributed by atoms with van der Waals surface area (Å²) in [7, 11) is 0. The predicted octanol–water partition coefficient (Wildman–Crippen LogP) is 3.91. The SMILES string of the molecule is C=CC(=O)N1CC[C@H](N2CC[C@H](C(Nc3ccc(-c4cc5c(N6CCOCC6)ncnc5[nH]4)cc3)C(F)(F)F)C2)C1. The fourth-order valence-corrected chi connectivity index (χ4v) is 6.29. The van der Waals surface area contributed by atoms with Gasteiger partial charge in [0.2, 0.25) is 5.91 Å². The van der Waals surface area contributed by atoms with Gasteiger partial charge in [0.05, 0.1) is 18.6 Å². The molecule has 3 aromatic rings. The Balaban J connectivity index is 1.14. The molecule has 218 valence electrons. The van der Waals surface area contributed by atoms with Crippen molar-refractivity contribution in [2.45, 2.75) is 31.1 Å². The zero-order chi connectivity index (χ0) is 28.6. The average Bonchev–Trinajstić information content (AvgIpc) is 3.75. The Morgan fingerprint density at radius 2 is 1.88 bits per heavy atom. The number of benzene rings is 1. The number of hydrogen-bond acceptors (Lipinski definition) is 7. The van der Waals surface area contributed by atoms with Crippen LogP contribution < -0.4 is 10.2 Å². The molecule has 1 unspecified atom stereocenters. The Hall–Kier alpha value is -3.64. The molecule has 41 heavy (non-hydrogen) atoms. The van der Waals surface area contributed by atoms with Gasteiger partial charge < -0.3 is 24.8 Å². The Labute approximate surface area is 236 Å². The Morgan fingerprint density at radius 3 is 2.61 bits per heavy atom. The van der Waals surface area contributed by atoms with E-state index in [2.05, 4.69) is 36.6 Å². The van der Waals surface area contributed by atoms with Crippen molar-refractivity contribution in [1.82, 2.24) is 24.8 Å². The van der Waals surface area contributed by atoms with E-state index in [1.165, 1.54) is 12.4 Å². The zero-order valence-corrected chi connectivity index (χ0v) is 22.7. The molecule has 2 aromatic heterocycles. The van der Waals surface area contributed by atoms with Gasteiger partial charge in [-0.1, -0.05) is 18.7 Å². The largest absolute Gasteiger partial charge is 0.408 e. The van der Waals surface area contributed by atoms with Crippen LogP contribution >= 0.6 is 0 Å². The van der Waals surface area contributed by atoms with Gasteiger partial charge >= 0.3 is 6.18 Å². The lowest BCUT2D eigenvalue weighted by atomic mass is 9.97. The van der Waals surface area contributed by atoms with Crippen LogP contribution in [0, 0.1) is 5.92 Å². The molecular formula is C29H34F3N7O2. The maximum absolute atomic E-state index is 14.3. The second-order valence-electron chi connectivity index (χ2n) is 11.0. The van der Waals surface area contributed by atoms with E-state index in [0.717, 1.165) is 42.0 Å². The number of halogens is 3. The summed E-state index contributed by atoms with van der Waals surface area (Å²) in [4.78, 5) is 30.1. The smallest absolute Gasteiger partial charge is 0.378 e. The number of ether oxygens (including phenoxy) is 1. The molecule has 3 saturated heterocycles. The summed E-state index contributed by atoms with van der Waals surface area (Å²) < 4.78 is 48.2. The van der Waals surface area contributed by atoms with Crippen LogP contribution in [0.2, 0.25) is 0 Å². The number of nitrogens with zero attached hydrogens (tertiary/aromatic N) is 5. The van der Waals surface area contributed by atoms with Gasteiger partial charge in [-0.25, -0.2) is 9.97 Å². The first kappa shape index (κ1) is 27.5. The van der Waals surface area contributed by atoms with Crippen molar-refractivity contribution in [1.29, 1.82) is 0 Å². The van der Waals surface area contributed by atoms with Crippen molar-refractivity contribution in [2.75, 3.05) is 62.7 Å². The van der Waals surface area contributed by atoms with Gasteiger partial charge in [0.15, 0.2) is 0 Å². The normalized spacial score (nSPS) is 22.8. The Kier molecular flexibility index (Phi) is 7.60. The van der Waals surface area contributed by atoms with E-state index in [4.69, 9.17) is 4.74 Å². The Bertz CT molecular complexity index is 1390. The van der Waals surface area contributed by atoms with Crippen molar-refractivity contribution in [3.8, 4) is 11.3 Å². The van der Waals surface area contributed by atoms with Gasteiger partial charge in [0, 0.05) is 56.1 Å². The molecule has 3 atom stereocenters. The highest BCUT2D eigenvalue weighted by atomic mass is 19.4. The van der Waals surface area contributed by atoms with Gasteiger partial charge in [-0.05, 0) is 49.2 Å². The summed E-state index contributed by atoms with van der Waals surface area (Å²) in [5.41, 5.74) is 2.79. The van der Waals surface area contributed by atoms with Crippen LogP contribution in [0.3, 0.4) is 0 Å². The molecule has 0 aliphatic carbocycles. The maximum atomic E-state index is 14.3. The number of morpholine rings is 1. The zero-order valence-electron chi connectivity index (χ0n) is 22.7. The third-order valence-corrected chi connectivity index (χ3v) is 8.48. The van der Waals surface area contributed by atoms with Crippen LogP contribution in [0.5, 0.6) is 0 Å². The molecule has 9 nitrogen and oxygen atoms in total. The summed E-state index contributed by atoms with van der Waals surface area (Å²) in [6, 6.07) is 7.42. The number of fused-ring (bicyclic) bond motifs is 1. The van der Waals surface area contributed by atoms with Crippen LogP contribution in [0.25, 0.3) is 22.3 Å². The number of carbonyl (C=O) groups excluding carboxylic acids is 1. The Morgan fingerprint density at radius 1 is 1.10 bits per heavy atom. The summed E-state index contributed by atoms with van der Waals surface area (Å²) in [6.45, 7) is 8.41.